The lowest BCUT2D eigenvalue weighted by Crippen LogP contribution is -2.65. The van der Waals surface area contributed by atoms with Crippen molar-refractivity contribution < 1.29 is 73.7 Å². The molecule has 346 valence electrons. The van der Waals surface area contributed by atoms with Crippen molar-refractivity contribution in [2.24, 2.45) is 46.3 Å². The number of ether oxygens (including phenoxy) is 7. The molecule has 0 aromatic heterocycles. The van der Waals surface area contributed by atoms with Gasteiger partial charge in [-0.1, -0.05) is 37.1 Å². The van der Waals surface area contributed by atoms with Crippen LogP contribution in [0.4, 0.5) is 0 Å². The van der Waals surface area contributed by atoms with E-state index >= 15 is 0 Å². The number of carbonyl (C=O) groups is 1. The summed E-state index contributed by atoms with van der Waals surface area (Å²) >= 11 is 0. The summed E-state index contributed by atoms with van der Waals surface area (Å²) < 4.78 is 41.9. The number of aliphatic hydroxyl groups excluding tert-OH is 7. The Morgan fingerprint density at radius 3 is 2.29 bits per heavy atom. The van der Waals surface area contributed by atoms with E-state index in [9.17, 15) is 40.5 Å². The molecule has 7 aliphatic rings. The van der Waals surface area contributed by atoms with E-state index in [1.54, 1.807) is 12.1 Å². The van der Waals surface area contributed by atoms with E-state index in [4.69, 9.17) is 33.2 Å². The molecule has 15 heteroatoms. The van der Waals surface area contributed by atoms with Gasteiger partial charge in [-0.15, -0.1) is 0 Å². The number of aliphatic hydroxyl groups is 7. The Bertz CT molecular complexity index is 1800. The zero-order chi connectivity index (χ0) is 44.4. The van der Waals surface area contributed by atoms with Crippen molar-refractivity contribution in [2.45, 2.75) is 159 Å². The number of rotatable bonds is 10. The van der Waals surface area contributed by atoms with Crippen LogP contribution >= 0.6 is 0 Å². The van der Waals surface area contributed by atoms with Crippen molar-refractivity contribution in [3.63, 3.8) is 0 Å². The average molecular weight is 873 g/mol. The van der Waals surface area contributed by atoms with E-state index < -0.39 is 80.3 Å². The molecule has 62 heavy (non-hydrogen) atoms. The molecule has 15 nitrogen and oxygen atoms in total. The molecule has 3 aliphatic heterocycles. The van der Waals surface area contributed by atoms with E-state index in [1.165, 1.54) is 31.7 Å². The Morgan fingerprint density at radius 2 is 1.61 bits per heavy atom. The lowest BCUT2D eigenvalue weighted by Gasteiger charge is -2.59. The van der Waals surface area contributed by atoms with Crippen LogP contribution in [0.3, 0.4) is 0 Å². The van der Waals surface area contributed by atoms with Gasteiger partial charge >= 0.3 is 5.97 Å². The molecular formula is C47H68O15. The highest BCUT2D eigenvalue weighted by molar-refractivity contribution is 5.89. The van der Waals surface area contributed by atoms with Crippen LogP contribution in [0.1, 0.15) is 89.9 Å². The normalized spacial score (nSPS) is 47.5. The topological polar surface area (TPSA) is 223 Å². The maximum atomic E-state index is 13.1. The van der Waals surface area contributed by atoms with E-state index in [0.717, 1.165) is 37.7 Å². The van der Waals surface area contributed by atoms with Gasteiger partial charge in [-0.2, -0.15) is 0 Å². The predicted octanol–water partition coefficient (Wildman–Crippen LogP) is 2.99. The molecule has 3 heterocycles. The van der Waals surface area contributed by atoms with Gasteiger partial charge < -0.3 is 68.9 Å². The second kappa shape index (κ2) is 18.0. The van der Waals surface area contributed by atoms with Crippen LogP contribution in [0.2, 0.25) is 0 Å². The molecule has 8 rings (SSSR count). The van der Waals surface area contributed by atoms with Gasteiger partial charge in [0.1, 0.15) is 42.4 Å². The number of fused-ring (bicyclic) bond motifs is 7. The fraction of sp³-hybridized carbons (Fsp3) is 0.766. The maximum Gasteiger partial charge on any atom is 0.338 e. The van der Waals surface area contributed by atoms with Crippen LogP contribution in [0.15, 0.2) is 47.6 Å². The van der Waals surface area contributed by atoms with Crippen molar-refractivity contribution in [1.29, 1.82) is 0 Å². The summed E-state index contributed by atoms with van der Waals surface area (Å²) in [6, 6.07) is 6.14. The van der Waals surface area contributed by atoms with Crippen molar-refractivity contribution >= 4 is 5.97 Å². The second-order valence-corrected chi connectivity index (χ2v) is 19.8. The highest BCUT2D eigenvalue weighted by Gasteiger charge is 2.66. The number of carbonyl (C=O) groups excluding carboxylic acids is 1. The first-order chi connectivity index (χ1) is 29.5. The first-order valence-electron chi connectivity index (χ1n) is 22.6. The highest BCUT2D eigenvalue weighted by Crippen LogP contribution is 2.69. The van der Waals surface area contributed by atoms with Gasteiger partial charge in [0.25, 0.3) is 0 Å². The summed E-state index contributed by atoms with van der Waals surface area (Å²) in [6.45, 7) is 9.70. The molecule has 1 aromatic carbocycles. The van der Waals surface area contributed by atoms with Crippen LogP contribution in [0.25, 0.3) is 0 Å². The zero-order valence-corrected chi connectivity index (χ0v) is 36.7. The molecule has 3 saturated heterocycles. The SMILES string of the molecule is COc1ccc(C(=O)O[C@@H]2[C@@H](O)[C@H](C)O[C@H](O[C@H]3[C@@H](O[C@H]4CC[C@@]5(C)C(=CC[C@H]6[C@@H]7C[C@@H]8O[C@@H](O)[C@H](C=C(C)C)[C@@H](C)[C@@H]8[C@@]7(CO)CC[C@@H]65)C4)O[C@H](CO)[C@@H](O)[C@@H]3O)[C@@H]2O)cc1. The third kappa shape index (κ3) is 7.99. The van der Waals surface area contributed by atoms with Crippen LogP contribution in [-0.4, -0.2) is 142 Å². The van der Waals surface area contributed by atoms with Crippen LogP contribution in [0, 0.1) is 46.3 Å². The van der Waals surface area contributed by atoms with Gasteiger partial charge in [0.2, 0.25) is 0 Å². The number of methoxy groups -OCH3 is 1. The number of allylic oxidation sites excluding steroid dienone is 2. The largest absolute Gasteiger partial charge is 0.497 e. The van der Waals surface area contributed by atoms with Gasteiger partial charge in [0.05, 0.1) is 37.6 Å². The molecule has 3 saturated carbocycles. The lowest BCUT2D eigenvalue weighted by atomic mass is 9.46. The summed E-state index contributed by atoms with van der Waals surface area (Å²) in [7, 11) is 1.49. The Kier molecular flexibility index (Phi) is 13.4. The first-order valence-corrected chi connectivity index (χ1v) is 22.6. The lowest BCUT2D eigenvalue weighted by molar-refractivity contribution is -0.369. The molecule has 0 amide bonds. The van der Waals surface area contributed by atoms with Gasteiger partial charge in [0.15, 0.2) is 25.0 Å². The van der Waals surface area contributed by atoms with Crippen LogP contribution in [0.5, 0.6) is 5.75 Å². The molecule has 6 fully saturated rings. The Balaban J connectivity index is 0.972. The monoisotopic (exact) mass is 872 g/mol. The molecule has 7 N–H and O–H groups in total. The van der Waals surface area contributed by atoms with Crippen molar-refractivity contribution in [1.82, 2.24) is 0 Å². The molecule has 1 aromatic rings. The third-order valence-corrected chi connectivity index (χ3v) is 16.3. The predicted molar refractivity (Wildman–Crippen MR) is 221 cm³/mol. The minimum Gasteiger partial charge on any atom is -0.497 e. The molecule has 0 bridgehead atoms. The molecule has 0 radical (unpaired) electrons. The molecule has 0 spiro atoms. The zero-order valence-electron chi connectivity index (χ0n) is 36.7. The summed E-state index contributed by atoms with van der Waals surface area (Å²) in [5, 5.41) is 77.3. The van der Waals surface area contributed by atoms with Gasteiger partial charge in [0, 0.05) is 17.9 Å². The summed E-state index contributed by atoms with van der Waals surface area (Å²) in [4.78, 5) is 13.1. The number of esters is 1. The van der Waals surface area contributed by atoms with E-state index in [0.29, 0.717) is 30.4 Å². The van der Waals surface area contributed by atoms with Crippen molar-refractivity contribution in [3.05, 3.63) is 53.1 Å². The average Bonchev–Trinajstić information content (AvgIpc) is 3.60. The van der Waals surface area contributed by atoms with Crippen molar-refractivity contribution in [2.75, 3.05) is 20.3 Å². The molecular weight excluding hydrogens is 805 g/mol. The Hall–Kier alpha value is -2.51. The fourth-order valence-corrected chi connectivity index (χ4v) is 13.1. The minimum absolute atomic E-state index is 0.101. The Labute approximate surface area is 363 Å². The highest BCUT2D eigenvalue weighted by atomic mass is 16.8. The van der Waals surface area contributed by atoms with Crippen LogP contribution < -0.4 is 4.74 Å². The second-order valence-electron chi connectivity index (χ2n) is 19.8. The van der Waals surface area contributed by atoms with E-state index in [2.05, 4.69) is 26.0 Å². The summed E-state index contributed by atoms with van der Waals surface area (Å²) in [5.41, 5.74) is 2.20. The van der Waals surface area contributed by atoms with Gasteiger partial charge in [-0.05, 0) is 125 Å². The maximum absolute atomic E-state index is 13.1. The van der Waals surface area contributed by atoms with E-state index in [-0.39, 0.29) is 58.9 Å². The molecule has 0 unspecified atom stereocenters. The quantitative estimate of drug-likeness (QED) is 0.133. The van der Waals surface area contributed by atoms with Gasteiger partial charge in [-0.25, -0.2) is 4.79 Å². The Morgan fingerprint density at radius 1 is 0.871 bits per heavy atom. The standard InChI is InChI=1S/C47H68O15/c1-22(2)17-30-23(3)35-33(59-43(30)55)19-32-29-12-9-26-18-28(13-15-46(26,5)31(29)14-16-47(32,35)21-49)58-45-41(38(52)37(51)34(20-48)60-45)62-44-39(53)40(36(50)24(4)57-44)61-42(54)25-7-10-27(56-6)11-8-25/h7-11,17,23-24,28-41,43-45,48-53,55H,12-16,18-21H2,1-6H3/t23-,24+,28+,29-,30-,31+,32+,33+,34-,35+,36+,37-,38+,39-,40-,41-,43-,44-,45+,46+,47-/m1/s1. The van der Waals surface area contributed by atoms with Gasteiger partial charge in [-0.3, -0.25) is 0 Å². The van der Waals surface area contributed by atoms with E-state index in [1.807, 2.05) is 13.8 Å². The van der Waals surface area contributed by atoms with Crippen molar-refractivity contribution in [3.8, 4) is 5.75 Å². The first kappa shape index (κ1) is 46.0. The third-order valence-electron chi connectivity index (χ3n) is 16.3. The fourth-order valence-electron chi connectivity index (χ4n) is 13.1. The van der Waals surface area contributed by atoms with Crippen LogP contribution in [-0.2, 0) is 28.4 Å². The summed E-state index contributed by atoms with van der Waals surface area (Å²) in [5.74, 6) is 0.912. The minimum atomic E-state index is -1.72. The molecule has 4 aliphatic carbocycles. The smallest absolute Gasteiger partial charge is 0.338 e. The molecule has 21 atom stereocenters. The summed E-state index contributed by atoms with van der Waals surface area (Å²) in [6.07, 6.45) is -5.52. The number of benzene rings is 1. The number of hydrogen-bond donors (Lipinski definition) is 7. The number of hydrogen-bond acceptors (Lipinski definition) is 15.